The van der Waals surface area contributed by atoms with Crippen LogP contribution in [-0.2, 0) is 9.59 Å². The van der Waals surface area contributed by atoms with Gasteiger partial charge in [-0.25, -0.2) is 0 Å². The lowest BCUT2D eigenvalue weighted by Crippen LogP contribution is -3.12. The molecule has 1 aliphatic heterocycles. The highest BCUT2D eigenvalue weighted by Crippen LogP contribution is 2.42. The standard InChI is InChI=1S/C26H32N2O5/c1-6-27(7-2)14-15-28-23(19-10-8-9-11-21(19)33-5)22(25(30)26(28)31)24(29)18-12-13-20(32-4)17(3)16-18/h8-13,16,23,29H,6-7,14-15H2,1-5H3. The van der Waals surface area contributed by atoms with E-state index in [1.807, 2.05) is 19.1 Å². The zero-order chi connectivity index (χ0) is 24.1. The van der Waals surface area contributed by atoms with Gasteiger partial charge in [-0.3, -0.25) is 9.59 Å². The van der Waals surface area contributed by atoms with Crippen LogP contribution in [0.3, 0.4) is 0 Å². The molecule has 1 aliphatic rings. The maximum Gasteiger partial charge on any atom is 0.295 e. The van der Waals surface area contributed by atoms with Gasteiger partial charge in [0, 0.05) is 11.1 Å². The van der Waals surface area contributed by atoms with Crippen LogP contribution in [0.25, 0.3) is 5.76 Å². The minimum atomic E-state index is -0.800. The van der Waals surface area contributed by atoms with Crippen LogP contribution in [0, 0.1) is 6.92 Å². The van der Waals surface area contributed by atoms with E-state index in [-0.39, 0.29) is 5.57 Å². The number of benzene rings is 2. The van der Waals surface area contributed by atoms with Gasteiger partial charge in [0.25, 0.3) is 5.91 Å². The van der Waals surface area contributed by atoms with Crippen LogP contribution in [0.1, 0.15) is 36.6 Å². The number of quaternary nitrogens is 1. The molecule has 2 aromatic rings. The zero-order valence-electron chi connectivity index (χ0n) is 19.9. The number of aryl methyl sites for hydroxylation is 1. The number of carbonyl (C=O) groups is 2. The van der Waals surface area contributed by atoms with E-state index in [0.29, 0.717) is 35.7 Å². The summed E-state index contributed by atoms with van der Waals surface area (Å²) in [5.41, 5.74) is 1.71. The van der Waals surface area contributed by atoms with Gasteiger partial charge in [0.15, 0.2) is 0 Å². The Morgan fingerprint density at radius 1 is 1.03 bits per heavy atom. The third kappa shape index (κ3) is 4.73. The van der Waals surface area contributed by atoms with Gasteiger partial charge in [-0.15, -0.1) is 0 Å². The third-order valence-electron chi connectivity index (χ3n) is 6.33. The van der Waals surface area contributed by atoms with Crippen LogP contribution in [0.5, 0.6) is 11.5 Å². The smallest absolute Gasteiger partial charge is 0.295 e. The van der Waals surface area contributed by atoms with E-state index in [1.54, 1.807) is 37.4 Å². The van der Waals surface area contributed by atoms with Crippen molar-refractivity contribution in [1.82, 2.24) is 4.90 Å². The van der Waals surface area contributed by atoms with E-state index >= 15 is 0 Å². The van der Waals surface area contributed by atoms with Gasteiger partial charge in [0.1, 0.15) is 11.5 Å². The number of carbonyl (C=O) groups excluding carboxylic acids is 2. The van der Waals surface area contributed by atoms with Crippen LogP contribution in [0.15, 0.2) is 48.0 Å². The first kappa shape index (κ1) is 24.3. The summed E-state index contributed by atoms with van der Waals surface area (Å²) in [5.74, 6) is -0.672. The number of rotatable bonds is 9. The van der Waals surface area contributed by atoms with Gasteiger partial charge in [0.05, 0.1) is 46.4 Å². The molecule has 7 nitrogen and oxygen atoms in total. The molecule has 0 saturated carbocycles. The minimum Gasteiger partial charge on any atom is -0.872 e. The molecule has 176 valence electrons. The molecular weight excluding hydrogens is 420 g/mol. The molecule has 2 aromatic carbocycles. The Labute approximate surface area is 195 Å². The molecule has 1 atom stereocenters. The van der Waals surface area contributed by atoms with Crippen LogP contribution in [0.2, 0.25) is 0 Å². The third-order valence-corrected chi connectivity index (χ3v) is 6.33. The van der Waals surface area contributed by atoms with E-state index in [2.05, 4.69) is 13.8 Å². The summed E-state index contributed by atoms with van der Waals surface area (Å²) in [7, 11) is 3.10. The SMILES string of the molecule is CC[NH+](CC)CCN1C(=O)C(=O)C(=C([O-])c2ccc(OC)c(C)c2)C1c1ccccc1OC. The Morgan fingerprint density at radius 3 is 2.30 bits per heavy atom. The average molecular weight is 453 g/mol. The average Bonchev–Trinajstić information content (AvgIpc) is 3.08. The summed E-state index contributed by atoms with van der Waals surface area (Å²) in [6.07, 6.45) is 0. The van der Waals surface area contributed by atoms with E-state index in [0.717, 1.165) is 18.7 Å². The number of hydrogen-bond acceptors (Lipinski definition) is 5. The molecule has 3 rings (SSSR count). The molecule has 1 heterocycles. The van der Waals surface area contributed by atoms with Crippen LogP contribution >= 0.6 is 0 Å². The number of Topliss-reactive ketones (excluding diaryl/α,β-unsaturated/α-hetero) is 1. The first-order valence-corrected chi connectivity index (χ1v) is 11.3. The van der Waals surface area contributed by atoms with E-state index in [4.69, 9.17) is 9.47 Å². The van der Waals surface area contributed by atoms with Gasteiger partial charge in [-0.2, -0.15) is 0 Å². The molecule has 33 heavy (non-hydrogen) atoms. The quantitative estimate of drug-likeness (QED) is 0.351. The van der Waals surface area contributed by atoms with Crippen molar-refractivity contribution in [3.05, 3.63) is 64.7 Å². The lowest BCUT2D eigenvalue weighted by Gasteiger charge is -2.29. The van der Waals surface area contributed by atoms with E-state index < -0.39 is 23.5 Å². The van der Waals surface area contributed by atoms with Crippen molar-refractivity contribution in [2.24, 2.45) is 0 Å². The number of amides is 1. The van der Waals surface area contributed by atoms with E-state index in [1.165, 1.54) is 16.9 Å². The fraction of sp³-hybridized carbons (Fsp3) is 0.385. The lowest BCUT2D eigenvalue weighted by atomic mass is 9.94. The molecule has 1 unspecified atom stereocenters. The largest absolute Gasteiger partial charge is 0.872 e. The summed E-state index contributed by atoms with van der Waals surface area (Å²) in [6.45, 7) is 8.86. The predicted molar refractivity (Wildman–Crippen MR) is 124 cm³/mol. The number of hydrogen-bond donors (Lipinski definition) is 1. The monoisotopic (exact) mass is 452 g/mol. The molecule has 0 aliphatic carbocycles. The summed E-state index contributed by atoms with van der Waals surface area (Å²) < 4.78 is 10.8. The molecule has 0 aromatic heterocycles. The minimum absolute atomic E-state index is 0.0383. The molecule has 0 bridgehead atoms. The Bertz CT molecular complexity index is 1060. The number of ether oxygens (including phenoxy) is 2. The van der Waals surface area contributed by atoms with Crippen LogP contribution < -0.4 is 19.5 Å². The van der Waals surface area contributed by atoms with Crippen molar-refractivity contribution in [3.63, 3.8) is 0 Å². The molecule has 1 N–H and O–H groups in total. The highest BCUT2D eigenvalue weighted by Gasteiger charge is 2.45. The normalized spacial score (nSPS) is 17.6. The fourth-order valence-corrected chi connectivity index (χ4v) is 4.37. The molecule has 1 saturated heterocycles. The second-order valence-corrected chi connectivity index (χ2v) is 8.11. The number of likely N-dealkylation sites (tertiary alicyclic amines) is 1. The van der Waals surface area contributed by atoms with Crippen LogP contribution in [-0.4, -0.2) is 57.0 Å². The zero-order valence-corrected chi connectivity index (χ0v) is 19.9. The molecular formula is C26H32N2O5. The lowest BCUT2D eigenvalue weighted by molar-refractivity contribution is -0.895. The summed E-state index contributed by atoms with van der Waals surface area (Å²) in [4.78, 5) is 29.1. The first-order valence-electron chi connectivity index (χ1n) is 11.3. The van der Waals surface area contributed by atoms with Crippen molar-refractivity contribution < 1.29 is 29.1 Å². The number of methoxy groups -OCH3 is 2. The van der Waals surface area contributed by atoms with Crippen molar-refractivity contribution in [1.29, 1.82) is 0 Å². The van der Waals surface area contributed by atoms with Gasteiger partial charge < -0.3 is 24.4 Å². The topological polar surface area (TPSA) is 83.3 Å². The fourth-order valence-electron chi connectivity index (χ4n) is 4.37. The molecule has 0 spiro atoms. The van der Waals surface area contributed by atoms with Gasteiger partial charge >= 0.3 is 0 Å². The van der Waals surface area contributed by atoms with Gasteiger partial charge in [-0.1, -0.05) is 30.0 Å². The Balaban J connectivity index is 2.16. The number of ketones is 1. The number of nitrogens with one attached hydrogen (secondary N) is 1. The number of nitrogens with zero attached hydrogens (tertiary/aromatic N) is 1. The Hall–Kier alpha value is -3.32. The van der Waals surface area contributed by atoms with E-state index in [9.17, 15) is 14.7 Å². The maximum absolute atomic E-state index is 13.6. The van der Waals surface area contributed by atoms with Crippen LogP contribution in [0.4, 0.5) is 0 Å². The number of para-hydroxylation sites is 1. The van der Waals surface area contributed by atoms with Crippen molar-refractivity contribution in [2.45, 2.75) is 26.8 Å². The number of likely N-dealkylation sites (N-methyl/N-ethyl adjacent to an activating group) is 1. The summed E-state index contributed by atoms with van der Waals surface area (Å²) in [5, 5.41) is 13.6. The van der Waals surface area contributed by atoms with Crippen molar-refractivity contribution in [2.75, 3.05) is 40.4 Å². The molecule has 7 heteroatoms. The van der Waals surface area contributed by atoms with Gasteiger partial charge in [-0.05, 0) is 50.1 Å². The summed E-state index contributed by atoms with van der Waals surface area (Å²) >= 11 is 0. The molecule has 0 radical (unpaired) electrons. The van der Waals surface area contributed by atoms with Gasteiger partial charge in [0.2, 0.25) is 5.78 Å². The molecule has 1 fully saturated rings. The second kappa shape index (κ2) is 10.5. The predicted octanol–water partition coefficient (Wildman–Crippen LogP) is 1.16. The maximum atomic E-state index is 13.6. The Kier molecular flexibility index (Phi) is 7.76. The van der Waals surface area contributed by atoms with Crippen molar-refractivity contribution >= 4 is 17.4 Å². The summed E-state index contributed by atoms with van der Waals surface area (Å²) in [6, 6.07) is 11.4. The van der Waals surface area contributed by atoms with Crippen molar-refractivity contribution in [3.8, 4) is 11.5 Å². The Morgan fingerprint density at radius 2 is 1.70 bits per heavy atom. The highest BCUT2D eigenvalue weighted by atomic mass is 16.5. The second-order valence-electron chi connectivity index (χ2n) is 8.11. The molecule has 1 amide bonds. The first-order chi connectivity index (χ1) is 15.9. The highest BCUT2D eigenvalue weighted by molar-refractivity contribution is 6.46.